The number of nitrogens with zero attached hydrogens (tertiary/aromatic N) is 1. The lowest BCUT2D eigenvalue weighted by atomic mass is 10.1. The molecule has 27 heavy (non-hydrogen) atoms. The van der Waals surface area contributed by atoms with Crippen LogP contribution in [0.3, 0.4) is 0 Å². The Morgan fingerprint density at radius 3 is 2.33 bits per heavy atom. The predicted molar refractivity (Wildman–Crippen MR) is 98.7 cm³/mol. The van der Waals surface area contributed by atoms with Gasteiger partial charge in [0.25, 0.3) is 5.91 Å². The molecule has 0 heterocycles. The van der Waals surface area contributed by atoms with Crippen LogP contribution in [0.1, 0.15) is 22.3 Å². The minimum Gasteiger partial charge on any atom is -0.452 e. The van der Waals surface area contributed by atoms with E-state index < -0.39 is 11.9 Å². The van der Waals surface area contributed by atoms with E-state index in [-0.39, 0.29) is 24.5 Å². The van der Waals surface area contributed by atoms with E-state index in [0.29, 0.717) is 18.7 Å². The number of carbonyl (C=O) groups excluding carboxylic acids is 3. The Hall–Kier alpha value is -3.66. The molecule has 2 aromatic rings. The number of esters is 1. The van der Waals surface area contributed by atoms with Gasteiger partial charge < -0.3 is 15.4 Å². The fraction of sp³-hybridized carbons (Fsp3) is 0.200. The number of carbonyl (C=O) groups is 3. The molecule has 0 bridgehead atoms. The quantitative estimate of drug-likeness (QED) is 0.696. The van der Waals surface area contributed by atoms with Gasteiger partial charge in [-0.3, -0.25) is 9.59 Å². The lowest BCUT2D eigenvalue weighted by molar-refractivity contribution is -0.124. The molecule has 0 unspecified atom stereocenters. The molecule has 2 N–H and O–H groups in total. The van der Waals surface area contributed by atoms with E-state index in [0.717, 1.165) is 5.56 Å². The Morgan fingerprint density at radius 2 is 1.67 bits per heavy atom. The van der Waals surface area contributed by atoms with Crippen molar-refractivity contribution >= 4 is 23.5 Å². The Labute approximate surface area is 156 Å². The van der Waals surface area contributed by atoms with Gasteiger partial charge in [0.1, 0.15) is 6.42 Å². The summed E-state index contributed by atoms with van der Waals surface area (Å²) in [6.45, 7) is 0.0891. The third kappa shape index (κ3) is 7.00. The molecule has 7 heteroatoms. The number of amides is 2. The number of nitriles is 1. The lowest BCUT2D eigenvalue weighted by Crippen LogP contribution is -2.30. The zero-order valence-corrected chi connectivity index (χ0v) is 14.6. The first-order valence-electron chi connectivity index (χ1n) is 8.33. The number of benzene rings is 2. The summed E-state index contributed by atoms with van der Waals surface area (Å²) in [6, 6.07) is 17.4. The normalized spacial score (nSPS) is 9.74. The highest BCUT2D eigenvalue weighted by Gasteiger charge is 2.10. The molecule has 0 saturated carbocycles. The summed E-state index contributed by atoms with van der Waals surface area (Å²) in [4.78, 5) is 35.0. The minimum absolute atomic E-state index is 0.247. The predicted octanol–water partition coefficient (Wildman–Crippen LogP) is 2.05. The van der Waals surface area contributed by atoms with Crippen molar-refractivity contribution in [2.75, 3.05) is 18.5 Å². The first kappa shape index (κ1) is 19.7. The molecular formula is C20H19N3O4. The second kappa shape index (κ2) is 10.4. The summed E-state index contributed by atoms with van der Waals surface area (Å²) in [5.41, 5.74) is 1.83. The summed E-state index contributed by atoms with van der Waals surface area (Å²) in [6.07, 6.45) is 0.447. The number of ether oxygens (including phenoxy) is 1. The fourth-order valence-corrected chi connectivity index (χ4v) is 2.22. The number of anilines is 1. The Balaban J connectivity index is 1.72. The smallest absolute Gasteiger partial charge is 0.338 e. The van der Waals surface area contributed by atoms with Gasteiger partial charge in [-0.15, -0.1) is 0 Å². The van der Waals surface area contributed by atoms with Crippen molar-refractivity contribution in [2.45, 2.75) is 12.8 Å². The summed E-state index contributed by atoms with van der Waals surface area (Å²) >= 11 is 0. The fourth-order valence-electron chi connectivity index (χ4n) is 2.22. The molecule has 138 valence electrons. The molecule has 0 aliphatic carbocycles. The van der Waals surface area contributed by atoms with Gasteiger partial charge in [-0.05, 0) is 36.2 Å². The summed E-state index contributed by atoms with van der Waals surface area (Å²) in [5.74, 6) is -1.44. The number of hydrogen-bond donors (Lipinski definition) is 2. The second-order valence-corrected chi connectivity index (χ2v) is 5.62. The van der Waals surface area contributed by atoms with Crippen LogP contribution in [0.4, 0.5) is 5.69 Å². The number of rotatable bonds is 8. The van der Waals surface area contributed by atoms with Crippen molar-refractivity contribution < 1.29 is 19.1 Å². The van der Waals surface area contributed by atoms with Crippen LogP contribution in [0.25, 0.3) is 0 Å². The maximum absolute atomic E-state index is 11.9. The monoisotopic (exact) mass is 365 g/mol. The third-order valence-corrected chi connectivity index (χ3v) is 3.56. The molecule has 0 atom stereocenters. The van der Waals surface area contributed by atoms with Crippen LogP contribution in [0, 0.1) is 11.3 Å². The lowest BCUT2D eigenvalue weighted by Gasteiger charge is -2.07. The number of nitrogens with one attached hydrogen (secondary N) is 2. The summed E-state index contributed by atoms with van der Waals surface area (Å²) in [7, 11) is 0. The van der Waals surface area contributed by atoms with Crippen molar-refractivity contribution in [3.63, 3.8) is 0 Å². The Kier molecular flexibility index (Phi) is 7.54. The SMILES string of the molecule is N#CCC(=O)Nc1ccc(C(=O)OCC(=O)NCCc2ccccc2)cc1. The molecule has 0 fully saturated rings. The molecule has 0 aliphatic heterocycles. The van der Waals surface area contributed by atoms with Crippen molar-refractivity contribution in [2.24, 2.45) is 0 Å². The molecule has 7 nitrogen and oxygen atoms in total. The molecule has 0 aromatic heterocycles. The molecular weight excluding hydrogens is 346 g/mol. The van der Waals surface area contributed by atoms with Gasteiger partial charge in [-0.25, -0.2) is 4.79 Å². The first-order chi connectivity index (χ1) is 13.1. The van der Waals surface area contributed by atoms with Gasteiger partial charge in [-0.1, -0.05) is 30.3 Å². The highest BCUT2D eigenvalue weighted by Crippen LogP contribution is 2.11. The van der Waals surface area contributed by atoms with Crippen LogP contribution in [-0.4, -0.2) is 30.9 Å². The van der Waals surface area contributed by atoms with Crippen LogP contribution in [0.5, 0.6) is 0 Å². The van der Waals surface area contributed by atoms with Crippen LogP contribution >= 0.6 is 0 Å². The van der Waals surface area contributed by atoms with E-state index in [2.05, 4.69) is 10.6 Å². The molecule has 2 aromatic carbocycles. The van der Waals surface area contributed by atoms with Crippen LogP contribution in [0.2, 0.25) is 0 Å². The van der Waals surface area contributed by atoms with Crippen LogP contribution < -0.4 is 10.6 Å². The molecule has 2 amide bonds. The van der Waals surface area contributed by atoms with Gasteiger partial charge >= 0.3 is 5.97 Å². The first-order valence-corrected chi connectivity index (χ1v) is 8.33. The van der Waals surface area contributed by atoms with E-state index in [4.69, 9.17) is 10.00 Å². The Morgan fingerprint density at radius 1 is 0.963 bits per heavy atom. The third-order valence-electron chi connectivity index (χ3n) is 3.56. The average molecular weight is 365 g/mol. The van der Waals surface area contributed by atoms with Crippen molar-refractivity contribution in [3.8, 4) is 6.07 Å². The zero-order valence-electron chi connectivity index (χ0n) is 14.6. The van der Waals surface area contributed by atoms with Crippen molar-refractivity contribution in [1.82, 2.24) is 5.32 Å². The van der Waals surface area contributed by atoms with Crippen LogP contribution in [-0.2, 0) is 20.7 Å². The largest absolute Gasteiger partial charge is 0.452 e. The maximum atomic E-state index is 11.9. The summed E-state index contributed by atoms with van der Waals surface area (Å²) < 4.78 is 4.97. The van der Waals surface area contributed by atoms with Crippen molar-refractivity contribution in [3.05, 3.63) is 65.7 Å². The molecule has 0 saturated heterocycles. The average Bonchev–Trinajstić information content (AvgIpc) is 2.68. The van der Waals surface area contributed by atoms with Gasteiger partial charge in [0, 0.05) is 12.2 Å². The van der Waals surface area contributed by atoms with Crippen LogP contribution in [0.15, 0.2) is 54.6 Å². The van der Waals surface area contributed by atoms with Gasteiger partial charge in [0.2, 0.25) is 5.91 Å². The molecule has 0 aliphatic rings. The van der Waals surface area contributed by atoms with Gasteiger partial charge in [-0.2, -0.15) is 5.26 Å². The minimum atomic E-state index is -0.636. The van der Waals surface area contributed by atoms with Crippen molar-refractivity contribution in [1.29, 1.82) is 5.26 Å². The topological polar surface area (TPSA) is 108 Å². The highest BCUT2D eigenvalue weighted by molar-refractivity contribution is 5.94. The van der Waals surface area contributed by atoms with E-state index in [9.17, 15) is 14.4 Å². The van der Waals surface area contributed by atoms with E-state index in [1.807, 2.05) is 30.3 Å². The van der Waals surface area contributed by atoms with E-state index in [1.54, 1.807) is 6.07 Å². The highest BCUT2D eigenvalue weighted by atomic mass is 16.5. The number of hydrogen-bond acceptors (Lipinski definition) is 5. The second-order valence-electron chi connectivity index (χ2n) is 5.62. The van der Waals surface area contributed by atoms with E-state index in [1.165, 1.54) is 24.3 Å². The Bertz CT molecular complexity index is 827. The molecule has 0 spiro atoms. The molecule has 0 radical (unpaired) electrons. The standard InChI is InChI=1S/C20H19N3O4/c21-12-10-18(24)23-17-8-6-16(7-9-17)20(26)27-14-19(25)22-13-11-15-4-2-1-3-5-15/h1-9H,10-11,13-14H2,(H,22,25)(H,23,24). The van der Waals surface area contributed by atoms with Gasteiger partial charge in [0.15, 0.2) is 6.61 Å². The molecule has 2 rings (SSSR count). The zero-order chi connectivity index (χ0) is 19.5. The van der Waals surface area contributed by atoms with E-state index >= 15 is 0 Å². The van der Waals surface area contributed by atoms with Gasteiger partial charge in [0.05, 0.1) is 11.6 Å². The summed E-state index contributed by atoms with van der Waals surface area (Å²) in [5, 5.41) is 13.7. The maximum Gasteiger partial charge on any atom is 0.338 e.